The number of anilines is 2. The molecule has 4 rings (SSSR count). The molecule has 1 heterocycles. The van der Waals surface area contributed by atoms with Crippen LogP contribution in [0.4, 0.5) is 11.4 Å². The number of carbonyl (C=O) groups excluding carboxylic acids is 1. The number of rotatable bonds is 8. The number of hydrogen-bond acceptors (Lipinski definition) is 8. The Balaban J connectivity index is 1.72. The first-order valence-corrected chi connectivity index (χ1v) is 13.5. The molecule has 3 aromatic carbocycles. The fraction of sp³-hybridized carbons (Fsp3) is 0.0870. The molecule has 10 nitrogen and oxygen atoms in total. The van der Waals surface area contributed by atoms with Crippen LogP contribution in [0.5, 0.6) is 5.75 Å². The number of ether oxygens (including phenoxy) is 2. The fourth-order valence-corrected chi connectivity index (χ4v) is 5.79. The molecular weight excluding hydrogens is 532 g/mol. The summed E-state index contributed by atoms with van der Waals surface area (Å²) in [6, 6.07) is 15.7. The van der Waals surface area contributed by atoms with E-state index in [4.69, 9.17) is 20.8 Å². The molecule has 36 heavy (non-hydrogen) atoms. The first-order valence-electron chi connectivity index (χ1n) is 10.1. The van der Waals surface area contributed by atoms with Crippen molar-refractivity contribution in [2.75, 3.05) is 23.7 Å². The highest BCUT2D eigenvalue weighted by atomic mass is 35.5. The zero-order chi connectivity index (χ0) is 26.1. The van der Waals surface area contributed by atoms with Crippen LogP contribution in [0.25, 0.3) is 11.0 Å². The van der Waals surface area contributed by atoms with Crippen molar-refractivity contribution in [3.05, 3.63) is 77.3 Å². The topological polar surface area (TPSA) is 141 Å². The van der Waals surface area contributed by atoms with Gasteiger partial charge in [-0.25, -0.2) is 13.2 Å². The highest BCUT2D eigenvalue weighted by Gasteiger charge is 2.26. The van der Waals surface area contributed by atoms with Crippen molar-refractivity contribution in [3.8, 4) is 5.75 Å². The van der Waals surface area contributed by atoms with Gasteiger partial charge in [-0.05, 0) is 42.5 Å². The molecule has 0 aliphatic carbocycles. The van der Waals surface area contributed by atoms with E-state index >= 15 is 0 Å². The molecule has 13 heteroatoms. The second-order valence-electron chi connectivity index (χ2n) is 7.36. The SMILES string of the molecule is COC(=O)c1ccc(OC)c(S(=O)(=O)Nc2ccc(Cl)cc2NS(=O)(=O)c2cc3ccccc3o2)c1. The van der Waals surface area contributed by atoms with Gasteiger partial charge in [0.05, 0.1) is 31.2 Å². The van der Waals surface area contributed by atoms with E-state index in [1.54, 1.807) is 24.3 Å². The molecule has 1 aromatic heterocycles. The zero-order valence-electron chi connectivity index (χ0n) is 18.8. The number of benzene rings is 3. The summed E-state index contributed by atoms with van der Waals surface area (Å²) in [5, 5.41) is 0.345. The van der Waals surface area contributed by atoms with Crippen LogP contribution < -0.4 is 14.2 Å². The highest BCUT2D eigenvalue weighted by molar-refractivity contribution is 7.93. The first-order chi connectivity index (χ1) is 17.0. The summed E-state index contributed by atoms with van der Waals surface area (Å²) in [7, 11) is -6.22. The minimum Gasteiger partial charge on any atom is -0.495 e. The molecule has 0 unspecified atom stereocenters. The summed E-state index contributed by atoms with van der Waals surface area (Å²) in [6.07, 6.45) is 0. The highest BCUT2D eigenvalue weighted by Crippen LogP contribution is 2.33. The molecule has 0 fully saturated rings. The second-order valence-corrected chi connectivity index (χ2v) is 11.1. The van der Waals surface area contributed by atoms with Crippen molar-refractivity contribution in [1.29, 1.82) is 0 Å². The molecular formula is C23H19ClN2O8S2. The summed E-state index contributed by atoms with van der Waals surface area (Å²) < 4.78 is 72.4. The summed E-state index contributed by atoms with van der Waals surface area (Å²) in [4.78, 5) is 11.6. The minimum atomic E-state index is -4.38. The van der Waals surface area contributed by atoms with Crippen molar-refractivity contribution in [2.45, 2.75) is 9.99 Å². The fourth-order valence-electron chi connectivity index (χ4n) is 3.31. The van der Waals surface area contributed by atoms with Gasteiger partial charge in [-0.3, -0.25) is 9.44 Å². The van der Waals surface area contributed by atoms with Crippen molar-refractivity contribution < 1.29 is 35.5 Å². The Morgan fingerprint density at radius 2 is 1.58 bits per heavy atom. The maximum Gasteiger partial charge on any atom is 0.337 e. The van der Waals surface area contributed by atoms with Gasteiger partial charge in [0, 0.05) is 16.5 Å². The molecule has 4 aromatic rings. The van der Waals surface area contributed by atoms with Gasteiger partial charge in [-0.15, -0.1) is 0 Å². The largest absolute Gasteiger partial charge is 0.495 e. The summed E-state index contributed by atoms with van der Waals surface area (Å²) in [5.74, 6) is -0.798. The lowest BCUT2D eigenvalue weighted by Crippen LogP contribution is -2.18. The number of furan rings is 1. The molecule has 0 radical (unpaired) electrons. The normalized spacial score (nSPS) is 11.8. The molecule has 0 bridgehead atoms. The Morgan fingerprint density at radius 3 is 2.28 bits per heavy atom. The Hall–Kier alpha value is -3.74. The number of para-hydroxylation sites is 1. The number of hydrogen-bond donors (Lipinski definition) is 2. The van der Waals surface area contributed by atoms with Crippen LogP contribution in [0.3, 0.4) is 0 Å². The average molecular weight is 551 g/mol. The van der Waals surface area contributed by atoms with Gasteiger partial charge in [-0.2, -0.15) is 8.42 Å². The van der Waals surface area contributed by atoms with Crippen LogP contribution in [-0.4, -0.2) is 37.0 Å². The third-order valence-corrected chi connectivity index (χ3v) is 7.85. The van der Waals surface area contributed by atoms with E-state index in [2.05, 4.69) is 14.2 Å². The van der Waals surface area contributed by atoms with Crippen LogP contribution in [0.2, 0.25) is 5.02 Å². The van der Waals surface area contributed by atoms with Gasteiger partial charge < -0.3 is 13.9 Å². The third-order valence-electron chi connectivity index (χ3n) is 5.01. The van der Waals surface area contributed by atoms with E-state index in [-0.39, 0.29) is 37.7 Å². The van der Waals surface area contributed by atoms with Gasteiger partial charge in [0.2, 0.25) is 5.09 Å². The predicted molar refractivity (Wildman–Crippen MR) is 134 cm³/mol. The molecule has 0 atom stereocenters. The van der Waals surface area contributed by atoms with E-state index in [0.717, 1.165) is 13.2 Å². The van der Waals surface area contributed by atoms with E-state index in [9.17, 15) is 21.6 Å². The van der Waals surface area contributed by atoms with E-state index in [1.165, 1.54) is 43.5 Å². The van der Waals surface area contributed by atoms with Crippen LogP contribution in [0.15, 0.2) is 81.1 Å². The van der Waals surface area contributed by atoms with Crippen LogP contribution in [0.1, 0.15) is 10.4 Å². The number of nitrogens with one attached hydrogen (secondary N) is 2. The molecule has 0 amide bonds. The lowest BCUT2D eigenvalue weighted by Gasteiger charge is -2.16. The van der Waals surface area contributed by atoms with Gasteiger partial charge >= 0.3 is 5.97 Å². The second kappa shape index (κ2) is 9.72. The van der Waals surface area contributed by atoms with E-state index < -0.39 is 26.0 Å². The van der Waals surface area contributed by atoms with E-state index in [0.29, 0.717) is 11.0 Å². The number of esters is 1. The first kappa shape index (κ1) is 25.4. The van der Waals surface area contributed by atoms with Crippen molar-refractivity contribution in [3.63, 3.8) is 0 Å². The maximum atomic E-state index is 13.3. The lowest BCUT2D eigenvalue weighted by atomic mass is 10.2. The maximum absolute atomic E-state index is 13.3. The Morgan fingerprint density at radius 1 is 0.861 bits per heavy atom. The molecule has 188 valence electrons. The summed E-state index contributed by atoms with van der Waals surface area (Å²) in [6.45, 7) is 0. The number of fused-ring (bicyclic) bond motifs is 1. The smallest absolute Gasteiger partial charge is 0.337 e. The molecule has 0 saturated heterocycles. The van der Waals surface area contributed by atoms with Crippen molar-refractivity contribution in [2.24, 2.45) is 0 Å². The van der Waals surface area contributed by atoms with Crippen LogP contribution >= 0.6 is 11.6 Å². The minimum absolute atomic E-state index is 0.0272. The number of methoxy groups -OCH3 is 2. The van der Waals surface area contributed by atoms with Crippen molar-refractivity contribution in [1.82, 2.24) is 0 Å². The zero-order valence-corrected chi connectivity index (χ0v) is 21.2. The number of halogens is 1. The standard InChI is InChI=1S/C23H19ClN2O8S2/c1-32-20-10-7-15(23(27)33-2)11-21(20)35(28,29)25-17-9-8-16(24)13-18(17)26-36(30,31)22-12-14-5-3-4-6-19(14)34-22/h3-13,25-26H,1-2H3. The average Bonchev–Trinajstić information content (AvgIpc) is 3.30. The van der Waals surface area contributed by atoms with Crippen LogP contribution in [-0.2, 0) is 24.8 Å². The van der Waals surface area contributed by atoms with Gasteiger partial charge in [0.15, 0.2) is 0 Å². The summed E-state index contributed by atoms with van der Waals surface area (Å²) in [5.41, 5.74) is 0.0438. The predicted octanol–water partition coefficient (Wildman–Crippen LogP) is 4.48. The Labute approximate surface area is 211 Å². The number of carbonyl (C=O) groups is 1. The van der Waals surface area contributed by atoms with Crippen LogP contribution in [0, 0.1) is 0 Å². The molecule has 2 N–H and O–H groups in total. The molecule has 0 saturated carbocycles. The Bertz CT molecular complexity index is 1650. The summed E-state index contributed by atoms with van der Waals surface area (Å²) >= 11 is 6.06. The van der Waals surface area contributed by atoms with Gasteiger partial charge in [-0.1, -0.05) is 29.8 Å². The number of sulfonamides is 2. The molecule has 0 aliphatic heterocycles. The Kier molecular flexibility index (Phi) is 6.85. The monoisotopic (exact) mass is 550 g/mol. The van der Waals surface area contributed by atoms with E-state index in [1.807, 2.05) is 0 Å². The molecule has 0 spiro atoms. The van der Waals surface area contributed by atoms with Gasteiger partial charge in [0.25, 0.3) is 20.0 Å². The third kappa shape index (κ3) is 5.10. The van der Waals surface area contributed by atoms with Crippen molar-refractivity contribution >= 4 is 60.0 Å². The lowest BCUT2D eigenvalue weighted by molar-refractivity contribution is 0.0600. The molecule has 0 aliphatic rings. The van der Waals surface area contributed by atoms with Gasteiger partial charge in [0.1, 0.15) is 16.2 Å². The quantitative estimate of drug-likeness (QED) is 0.306.